The number of halogens is 1. The number of para-hydroxylation sites is 1. The smallest absolute Gasteiger partial charge is 0.262 e. The van der Waals surface area contributed by atoms with E-state index >= 15 is 0 Å². The van der Waals surface area contributed by atoms with Gasteiger partial charge in [0.2, 0.25) is 0 Å². The van der Waals surface area contributed by atoms with Crippen LogP contribution in [0.2, 0.25) is 0 Å². The van der Waals surface area contributed by atoms with Crippen LogP contribution >= 0.6 is 12.2 Å². The zero-order chi connectivity index (χ0) is 21.0. The lowest BCUT2D eigenvalue weighted by atomic mass is 10.1. The van der Waals surface area contributed by atoms with Crippen molar-refractivity contribution in [3.05, 3.63) is 81.6 Å². The average Bonchev–Trinajstić information content (AvgIpc) is 2.70. The van der Waals surface area contributed by atoms with Crippen molar-refractivity contribution in [3.8, 4) is 5.75 Å². The molecule has 0 aliphatic carbocycles. The fraction of sp³-hybridized carbons (Fsp3) is 0.190. The van der Waals surface area contributed by atoms with Gasteiger partial charge in [0.05, 0.1) is 16.9 Å². The summed E-state index contributed by atoms with van der Waals surface area (Å²) < 4.78 is 20.7. The molecule has 150 valence electrons. The summed E-state index contributed by atoms with van der Waals surface area (Å²) in [7, 11) is 0. The Bertz CT molecular complexity index is 1190. The summed E-state index contributed by atoms with van der Waals surface area (Å²) in [6.45, 7) is 5.77. The normalized spacial score (nSPS) is 11.8. The van der Waals surface area contributed by atoms with Crippen molar-refractivity contribution in [2.24, 2.45) is 0 Å². The van der Waals surface area contributed by atoms with Crippen molar-refractivity contribution in [1.29, 1.82) is 0 Å². The molecule has 0 aliphatic rings. The van der Waals surface area contributed by atoms with Gasteiger partial charge in [-0.1, -0.05) is 18.2 Å². The molecule has 0 radical (unpaired) electrons. The molecule has 0 aliphatic heterocycles. The third-order valence-corrected chi connectivity index (χ3v) is 4.58. The molecule has 2 N–H and O–H groups in total. The summed E-state index contributed by atoms with van der Waals surface area (Å²) in [5.74, 6) is -0.674. The van der Waals surface area contributed by atoms with E-state index in [-0.39, 0.29) is 34.6 Å². The molecule has 1 unspecified atom stereocenters. The lowest BCUT2D eigenvalue weighted by Gasteiger charge is -2.15. The topological polar surface area (TPSA) is 76.1 Å². The predicted octanol–water partition coefficient (Wildman–Crippen LogP) is 3.58. The molecule has 3 rings (SSSR count). The number of aromatic nitrogens is 2. The van der Waals surface area contributed by atoms with Gasteiger partial charge in [0.1, 0.15) is 6.61 Å². The monoisotopic (exact) mass is 413 g/mol. The highest BCUT2D eigenvalue weighted by atomic mass is 32.1. The molecule has 0 saturated heterocycles. The van der Waals surface area contributed by atoms with Gasteiger partial charge in [-0.3, -0.25) is 14.2 Å². The molecule has 1 atom stereocenters. The molecular formula is C21H20FN3O3S. The van der Waals surface area contributed by atoms with E-state index in [2.05, 4.69) is 16.9 Å². The Morgan fingerprint density at radius 2 is 2.14 bits per heavy atom. The Balaban J connectivity index is 1.74. The van der Waals surface area contributed by atoms with E-state index in [1.165, 1.54) is 16.7 Å². The summed E-state index contributed by atoms with van der Waals surface area (Å²) >= 11 is 5.21. The van der Waals surface area contributed by atoms with Crippen LogP contribution in [0, 0.1) is 10.6 Å². The quantitative estimate of drug-likeness (QED) is 0.459. The fourth-order valence-corrected chi connectivity index (χ4v) is 3.08. The Morgan fingerprint density at radius 1 is 1.38 bits per heavy atom. The van der Waals surface area contributed by atoms with Crippen molar-refractivity contribution in [2.45, 2.75) is 19.5 Å². The van der Waals surface area contributed by atoms with Gasteiger partial charge >= 0.3 is 0 Å². The number of allylic oxidation sites excluding steroid dienone is 1. The molecular weight excluding hydrogens is 393 g/mol. The molecule has 1 amide bonds. The van der Waals surface area contributed by atoms with Gasteiger partial charge in [0.25, 0.3) is 11.5 Å². The van der Waals surface area contributed by atoms with Crippen LogP contribution < -0.4 is 15.6 Å². The molecule has 1 aromatic heterocycles. The van der Waals surface area contributed by atoms with Crippen LogP contribution in [0.3, 0.4) is 0 Å². The Labute approximate surface area is 171 Å². The maximum atomic E-state index is 13.6. The minimum Gasteiger partial charge on any atom is -0.488 e. The van der Waals surface area contributed by atoms with E-state index in [1.54, 1.807) is 43.3 Å². The summed E-state index contributed by atoms with van der Waals surface area (Å²) in [5, 5.41) is 3.21. The predicted molar refractivity (Wildman–Crippen MR) is 112 cm³/mol. The number of H-pyrrole nitrogens is 1. The van der Waals surface area contributed by atoms with E-state index in [9.17, 15) is 14.0 Å². The second-order valence-corrected chi connectivity index (χ2v) is 6.90. The van der Waals surface area contributed by atoms with Crippen LogP contribution in [-0.2, 0) is 6.54 Å². The molecule has 0 fully saturated rings. The maximum absolute atomic E-state index is 13.6. The van der Waals surface area contributed by atoms with Crippen molar-refractivity contribution >= 4 is 29.0 Å². The second-order valence-electron chi connectivity index (χ2n) is 6.51. The second kappa shape index (κ2) is 8.83. The first-order valence-electron chi connectivity index (χ1n) is 8.96. The Hall–Kier alpha value is -3.26. The molecule has 1 heterocycles. The average molecular weight is 413 g/mol. The number of nitrogens with one attached hydrogen (secondary N) is 2. The van der Waals surface area contributed by atoms with Gasteiger partial charge in [0.15, 0.2) is 16.3 Å². The Morgan fingerprint density at radius 3 is 2.86 bits per heavy atom. The van der Waals surface area contributed by atoms with Gasteiger partial charge in [-0.15, -0.1) is 6.58 Å². The van der Waals surface area contributed by atoms with Crippen LogP contribution in [0.5, 0.6) is 5.75 Å². The number of fused-ring (bicyclic) bond motifs is 1. The molecule has 0 bridgehead atoms. The SMILES string of the molecule is C=CCn1c(=S)[nH]c2cc(C(=O)NC(C)COc3ccccc3F)ccc2c1=O. The van der Waals surface area contributed by atoms with Gasteiger partial charge in [-0.05, 0) is 49.5 Å². The minimum atomic E-state index is -0.460. The number of hydrogen-bond acceptors (Lipinski definition) is 4. The van der Waals surface area contributed by atoms with Gasteiger partial charge in [-0.2, -0.15) is 0 Å². The summed E-state index contributed by atoms with van der Waals surface area (Å²) in [4.78, 5) is 28.0. The van der Waals surface area contributed by atoms with Crippen LogP contribution in [0.15, 0.2) is 59.9 Å². The zero-order valence-corrected chi connectivity index (χ0v) is 16.6. The highest BCUT2D eigenvalue weighted by molar-refractivity contribution is 7.71. The first kappa shape index (κ1) is 20.5. The number of amides is 1. The number of aromatic amines is 1. The van der Waals surface area contributed by atoms with Crippen molar-refractivity contribution in [2.75, 3.05) is 6.61 Å². The third-order valence-electron chi connectivity index (χ3n) is 4.26. The molecule has 0 spiro atoms. The fourth-order valence-electron chi connectivity index (χ4n) is 2.82. The third kappa shape index (κ3) is 4.60. The van der Waals surface area contributed by atoms with Crippen LogP contribution in [0.1, 0.15) is 17.3 Å². The number of nitrogens with zero attached hydrogens (tertiary/aromatic N) is 1. The summed E-state index contributed by atoms with van der Waals surface area (Å²) in [6, 6.07) is 10.4. The number of benzene rings is 2. The van der Waals surface area contributed by atoms with E-state index in [0.717, 1.165) is 0 Å². The standard InChI is InChI=1S/C21H20FN3O3S/c1-3-10-25-20(27)15-9-8-14(11-17(15)24-21(25)29)19(26)23-13(2)12-28-18-7-5-4-6-16(18)22/h3-9,11,13H,1,10,12H2,2H3,(H,23,26)(H,24,29). The number of carbonyl (C=O) groups excluding carboxylic acids is 1. The van der Waals surface area contributed by atoms with Crippen molar-refractivity contribution in [3.63, 3.8) is 0 Å². The highest BCUT2D eigenvalue weighted by Gasteiger charge is 2.13. The van der Waals surface area contributed by atoms with Crippen LogP contribution in [0.25, 0.3) is 10.9 Å². The lowest BCUT2D eigenvalue weighted by Crippen LogP contribution is -2.36. The van der Waals surface area contributed by atoms with Gasteiger partial charge in [-0.25, -0.2) is 4.39 Å². The molecule has 0 saturated carbocycles. The summed E-state index contributed by atoms with van der Waals surface area (Å²) in [6.07, 6.45) is 1.59. The molecule has 6 nitrogen and oxygen atoms in total. The molecule has 2 aromatic carbocycles. The molecule has 8 heteroatoms. The highest BCUT2D eigenvalue weighted by Crippen LogP contribution is 2.16. The van der Waals surface area contributed by atoms with Crippen molar-refractivity contribution < 1.29 is 13.9 Å². The number of ether oxygens (including phenoxy) is 1. The number of carbonyl (C=O) groups is 1. The lowest BCUT2D eigenvalue weighted by molar-refractivity contribution is 0.0926. The molecule has 3 aromatic rings. The van der Waals surface area contributed by atoms with E-state index in [1.807, 2.05) is 0 Å². The van der Waals surface area contributed by atoms with Crippen LogP contribution in [-0.4, -0.2) is 28.1 Å². The number of hydrogen-bond donors (Lipinski definition) is 2. The van der Waals surface area contributed by atoms with Crippen molar-refractivity contribution in [1.82, 2.24) is 14.9 Å². The maximum Gasteiger partial charge on any atom is 0.262 e. The summed E-state index contributed by atoms with van der Waals surface area (Å²) in [5.41, 5.74) is 0.590. The Kier molecular flexibility index (Phi) is 6.23. The van der Waals surface area contributed by atoms with E-state index in [4.69, 9.17) is 17.0 Å². The van der Waals surface area contributed by atoms with E-state index in [0.29, 0.717) is 23.0 Å². The van der Waals surface area contributed by atoms with Gasteiger partial charge < -0.3 is 15.0 Å². The van der Waals surface area contributed by atoms with E-state index < -0.39 is 5.82 Å². The zero-order valence-electron chi connectivity index (χ0n) is 15.8. The van der Waals surface area contributed by atoms with Crippen LogP contribution in [0.4, 0.5) is 4.39 Å². The number of rotatable bonds is 7. The largest absolute Gasteiger partial charge is 0.488 e. The first-order chi connectivity index (χ1) is 13.9. The first-order valence-corrected chi connectivity index (χ1v) is 9.37. The molecule has 29 heavy (non-hydrogen) atoms. The minimum absolute atomic E-state index is 0.106. The van der Waals surface area contributed by atoms with Gasteiger partial charge in [0, 0.05) is 12.1 Å².